The van der Waals surface area contributed by atoms with E-state index in [2.05, 4.69) is 36.8 Å². The number of piperazine rings is 1. The molecule has 2 N–H and O–H groups in total. The van der Waals surface area contributed by atoms with Crippen LogP contribution in [0.5, 0.6) is 0 Å². The lowest BCUT2D eigenvalue weighted by atomic mass is 10.1. The molecule has 6 nitrogen and oxygen atoms in total. The molecule has 6 heteroatoms. The fourth-order valence-electron chi connectivity index (χ4n) is 4.53. The van der Waals surface area contributed by atoms with Crippen LogP contribution >= 0.6 is 0 Å². The van der Waals surface area contributed by atoms with E-state index in [1.54, 1.807) is 4.57 Å². The van der Waals surface area contributed by atoms with Crippen molar-refractivity contribution in [1.29, 1.82) is 0 Å². The van der Waals surface area contributed by atoms with E-state index < -0.39 is 6.03 Å². The van der Waals surface area contributed by atoms with Gasteiger partial charge in [-0.1, -0.05) is 19.9 Å². The van der Waals surface area contributed by atoms with Crippen LogP contribution in [0, 0.1) is 5.92 Å². The lowest BCUT2D eigenvalue weighted by Gasteiger charge is -2.40. The minimum atomic E-state index is -0.443. The first kappa shape index (κ1) is 17.3. The van der Waals surface area contributed by atoms with Crippen molar-refractivity contribution in [2.75, 3.05) is 25.0 Å². The van der Waals surface area contributed by atoms with Gasteiger partial charge in [-0.2, -0.15) is 0 Å². The molecular formula is C20H29N5O. The van der Waals surface area contributed by atoms with Gasteiger partial charge in [0.05, 0.1) is 11.2 Å². The Bertz CT molecular complexity index is 813. The molecule has 2 bridgehead atoms. The number of aromatic nitrogens is 2. The van der Waals surface area contributed by atoms with Crippen LogP contribution in [-0.2, 0) is 6.42 Å². The molecule has 2 unspecified atom stereocenters. The second-order valence-electron chi connectivity index (χ2n) is 8.23. The summed E-state index contributed by atoms with van der Waals surface area (Å²) in [6, 6.07) is 6.90. The highest BCUT2D eigenvalue weighted by Crippen LogP contribution is 2.34. The maximum atomic E-state index is 12.1. The average Bonchev–Trinajstić information content (AvgIpc) is 3.04. The van der Waals surface area contributed by atoms with Crippen molar-refractivity contribution >= 4 is 22.8 Å². The van der Waals surface area contributed by atoms with Crippen LogP contribution in [-0.4, -0.2) is 52.7 Å². The highest BCUT2D eigenvalue weighted by Gasteiger charge is 2.38. The van der Waals surface area contributed by atoms with E-state index in [4.69, 9.17) is 10.7 Å². The van der Waals surface area contributed by atoms with Gasteiger partial charge < -0.3 is 10.6 Å². The van der Waals surface area contributed by atoms with Gasteiger partial charge in [0.1, 0.15) is 11.3 Å². The van der Waals surface area contributed by atoms with E-state index in [0.29, 0.717) is 18.0 Å². The SMILES string of the molecule is CC(C)CCc1nc2c(N3CC4CCC(C3)N4C)cccc2n1C(N)=O. The fourth-order valence-corrected chi connectivity index (χ4v) is 4.53. The smallest absolute Gasteiger partial charge is 0.324 e. The van der Waals surface area contributed by atoms with Gasteiger partial charge in [0, 0.05) is 31.6 Å². The predicted octanol–water partition coefficient (Wildman–Crippen LogP) is 2.83. The minimum absolute atomic E-state index is 0.443. The zero-order valence-corrected chi connectivity index (χ0v) is 16.0. The fraction of sp³-hybridized carbons (Fsp3) is 0.600. The first-order valence-corrected chi connectivity index (χ1v) is 9.72. The molecule has 0 aliphatic carbocycles. The summed E-state index contributed by atoms with van der Waals surface area (Å²) in [6.45, 7) is 6.42. The highest BCUT2D eigenvalue weighted by atomic mass is 16.2. The molecule has 0 saturated carbocycles. The van der Waals surface area contributed by atoms with E-state index >= 15 is 0 Å². The number of nitrogens with zero attached hydrogens (tertiary/aromatic N) is 4. The normalized spacial score (nSPS) is 23.3. The van der Waals surface area contributed by atoms with Crippen LogP contribution in [0.4, 0.5) is 10.5 Å². The first-order chi connectivity index (χ1) is 12.5. The Hall–Kier alpha value is -2.08. The van der Waals surface area contributed by atoms with E-state index in [9.17, 15) is 4.79 Å². The molecule has 0 radical (unpaired) electrons. The number of primary amides is 1. The Morgan fingerprint density at radius 2 is 1.96 bits per heavy atom. The Morgan fingerprint density at radius 1 is 1.27 bits per heavy atom. The van der Waals surface area contributed by atoms with Crippen LogP contribution in [0.3, 0.4) is 0 Å². The Labute approximate surface area is 155 Å². The number of likely N-dealkylation sites (N-methyl/N-ethyl adjacent to an activating group) is 1. The molecule has 2 saturated heterocycles. The third-order valence-electron chi connectivity index (χ3n) is 6.09. The van der Waals surface area contributed by atoms with E-state index in [1.165, 1.54) is 12.8 Å². The molecule has 2 aliphatic heterocycles. The number of hydrogen-bond donors (Lipinski definition) is 1. The maximum absolute atomic E-state index is 12.1. The molecule has 1 aromatic carbocycles. The Kier molecular flexibility index (Phi) is 4.39. The second kappa shape index (κ2) is 6.58. The van der Waals surface area contributed by atoms with Crippen molar-refractivity contribution in [3.63, 3.8) is 0 Å². The summed E-state index contributed by atoms with van der Waals surface area (Å²) in [7, 11) is 2.24. The van der Waals surface area contributed by atoms with Crippen molar-refractivity contribution in [1.82, 2.24) is 14.5 Å². The molecule has 1 aromatic heterocycles. The van der Waals surface area contributed by atoms with Crippen molar-refractivity contribution in [2.24, 2.45) is 11.7 Å². The number of nitrogens with two attached hydrogens (primary N) is 1. The lowest BCUT2D eigenvalue weighted by Crippen LogP contribution is -2.52. The lowest BCUT2D eigenvalue weighted by molar-refractivity contribution is 0.212. The molecule has 0 spiro atoms. The zero-order valence-electron chi connectivity index (χ0n) is 16.0. The standard InChI is InChI=1S/C20H29N5O/c1-13(2)7-10-18-22-19-16(5-4-6-17(19)25(18)20(21)26)24-11-14-8-9-15(12-24)23(14)3/h4-6,13-15H,7-12H2,1-3H3,(H2,21,26). The number of para-hydroxylation sites is 1. The number of rotatable bonds is 4. The van der Waals surface area contributed by atoms with E-state index in [1.807, 2.05) is 12.1 Å². The topological polar surface area (TPSA) is 67.4 Å². The molecule has 4 rings (SSSR count). The minimum Gasteiger partial charge on any atom is -0.367 e. The predicted molar refractivity (Wildman–Crippen MR) is 105 cm³/mol. The third kappa shape index (κ3) is 2.86. The highest BCUT2D eigenvalue weighted by molar-refractivity contribution is 5.96. The number of fused-ring (bicyclic) bond motifs is 3. The molecular weight excluding hydrogens is 326 g/mol. The quantitative estimate of drug-likeness (QED) is 0.916. The summed E-state index contributed by atoms with van der Waals surface area (Å²) in [5.74, 6) is 1.34. The number of amides is 1. The number of anilines is 1. The summed E-state index contributed by atoms with van der Waals surface area (Å²) in [5.41, 5.74) is 8.58. The largest absolute Gasteiger partial charge is 0.367 e. The summed E-state index contributed by atoms with van der Waals surface area (Å²) >= 11 is 0. The number of carbonyl (C=O) groups is 1. The molecule has 140 valence electrons. The molecule has 2 aromatic rings. The average molecular weight is 355 g/mol. The second-order valence-corrected chi connectivity index (χ2v) is 8.23. The van der Waals surface area contributed by atoms with Crippen LogP contribution in [0.2, 0.25) is 0 Å². The van der Waals surface area contributed by atoms with Gasteiger partial charge >= 0.3 is 6.03 Å². The third-order valence-corrected chi connectivity index (χ3v) is 6.09. The van der Waals surface area contributed by atoms with Gasteiger partial charge in [0.2, 0.25) is 0 Å². The number of benzene rings is 1. The van der Waals surface area contributed by atoms with Crippen LogP contribution in [0.25, 0.3) is 11.0 Å². The summed E-state index contributed by atoms with van der Waals surface area (Å²) in [4.78, 5) is 22.0. The molecule has 1 amide bonds. The monoisotopic (exact) mass is 355 g/mol. The first-order valence-electron chi connectivity index (χ1n) is 9.72. The van der Waals surface area contributed by atoms with Crippen molar-refractivity contribution in [2.45, 2.75) is 51.6 Å². The number of hydrogen-bond acceptors (Lipinski definition) is 4. The van der Waals surface area contributed by atoms with Crippen molar-refractivity contribution in [3.8, 4) is 0 Å². The van der Waals surface area contributed by atoms with E-state index in [0.717, 1.165) is 48.5 Å². The summed E-state index contributed by atoms with van der Waals surface area (Å²) in [5, 5.41) is 0. The van der Waals surface area contributed by atoms with Gasteiger partial charge in [-0.05, 0) is 44.4 Å². The molecule has 2 aliphatic rings. The molecule has 2 fully saturated rings. The summed E-state index contributed by atoms with van der Waals surface area (Å²) in [6.07, 6.45) is 4.29. The van der Waals surface area contributed by atoms with Crippen molar-refractivity contribution in [3.05, 3.63) is 24.0 Å². The number of imidazole rings is 1. The Balaban J connectivity index is 1.74. The Morgan fingerprint density at radius 3 is 2.58 bits per heavy atom. The number of carbonyl (C=O) groups excluding carboxylic acids is 1. The van der Waals surface area contributed by atoms with Gasteiger partial charge in [-0.25, -0.2) is 14.3 Å². The van der Waals surface area contributed by atoms with Gasteiger partial charge in [-0.15, -0.1) is 0 Å². The maximum Gasteiger partial charge on any atom is 0.324 e. The van der Waals surface area contributed by atoms with Gasteiger partial charge in [-0.3, -0.25) is 4.90 Å². The van der Waals surface area contributed by atoms with Crippen molar-refractivity contribution < 1.29 is 4.79 Å². The molecule has 3 heterocycles. The molecule has 2 atom stereocenters. The zero-order chi connectivity index (χ0) is 18.4. The molecule has 26 heavy (non-hydrogen) atoms. The van der Waals surface area contributed by atoms with Crippen LogP contribution in [0.15, 0.2) is 18.2 Å². The van der Waals surface area contributed by atoms with Crippen LogP contribution < -0.4 is 10.6 Å². The van der Waals surface area contributed by atoms with E-state index in [-0.39, 0.29) is 0 Å². The van der Waals surface area contributed by atoms with Gasteiger partial charge in [0.25, 0.3) is 0 Å². The van der Waals surface area contributed by atoms with Crippen LogP contribution in [0.1, 0.15) is 38.9 Å². The summed E-state index contributed by atoms with van der Waals surface area (Å²) < 4.78 is 1.60. The van der Waals surface area contributed by atoms with Gasteiger partial charge in [0.15, 0.2) is 0 Å². The number of aryl methyl sites for hydroxylation is 1.